The molecule has 0 saturated heterocycles. The van der Waals surface area contributed by atoms with E-state index >= 15 is 0 Å². The van der Waals surface area contributed by atoms with E-state index in [2.05, 4.69) is 28.6 Å². The monoisotopic (exact) mass is 447 g/mol. The number of nitrogens with one attached hydrogen (secondary N) is 1. The van der Waals surface area contributed by atoms with Gasteiger partial charge in [0.2, 0.25) is 11.8 Å². The maximum atomic E-state index is 12.3. The van der Waals surface area contributed by atoms with Crippen molar-refractivity contribution in [2.24, 2.45) is 0 Å². The fourth-order valence-electron chi connectivity index (χ4n) is 5.04. The van der Waals surface area contributed by atoms with Crippen molar-refractivity contribution >= 4 is 26.5 Å². The quantitative estimate of drug-likeness (QED) is 0.624. The van der Waals surface area contributed by atoms with Gasteiger partial charge in [-0.3, -0.25) is 4.79 Å². The Bertz CT molecular complexity index is 922. The number of nitrogens with zero attached hydrogens (tertiary/aromatic N) is 2. The van der Waals surface area contributed by atoms with Gasteiger partial charge < -0.3 is 18.9 Å². The van der Waals surface area contributed by atoms with Gasteiger partial charge in [-0.25, -0.2) is 0 Å². The Hall–Kier alpha value is -1.90. The molecule has 4 aliphatic carbocycles. The van der Waals surface area contributed by atoms with Crippen LogP contribution in [0.25, 0.3) is 0 Å². The van der Waals surface area contributed by atoms with Crippen LogP contribution in [-0.2, 0) is 14.6 Å². The van der Waals surface area contributed by atoms with Crippen molar-refractivity contribution in [3.8, 4) is 5.75 Å². The molecule has 6 rings (SSSR count). The first-order valence-electron chi connectivity index (χ1n) is 10.5. The van der Waals surface area contributed by atoms with Crippen molar-refractivity contribution in [1.29, 1.82) is 0 Å². The number of benzene rings is 1. The van der Waals surface area contributed by atoms with Gasteiger partial charge in [0, 0.05) is 22.6 Å². The lowest BCUT2D eigenvalue weighted by Gasteiger charge is -2.68. The molecule has 4 aliphatic rings. The minimum atomic E-state index is -0.989. The highest BCUT2D eigenvalue weighted by Gasteiger charge is 2.71. The third-order valence-corrected chi connectivity index (χ3v) is 7.60. The van der Waals surface area contributed by atoms with E-state index in [0.717, 1.165) is 43.9 Å². The number of halogens is 1. The van der Waals surface area contributed by atoms with Crippen LogP contribution < -0.4 is 10.1 Å². The van der Waals surface area contributed by atoms with Gasteiger partial charge >= 0.3 is 0 Å². The Morgan fingerprint density at radius 2 is 1.93 bits per heavy atom. The fourth-order valence-corrected chi connectivity index (χ4v) is 6.15. The fraction of sp³-hybridized carbons (Fsp3) is 0.571. The van der Waals surface area contributed by atoms with Gasteiger partial charge in [-0.1, -0.05) is 11.6 Å². The summed E-state index contributed by atoms with van der Waals surface area (Å²) in [7, 11) is -0.989. The van der Waals surface area contributed by atoms with E-state index in [1.807, 2.05) is 0 Å². The van der Waals surface area contributed by atoms with E-state index in [4.69, 9.17) is 25.2 Å². The zero-order valence-electron chi connectivity index (χ0n) is 17.2. The molecular formula is C21H26ClN3O4Si. The normalized spacial score (nSPS) is 31.5. The molecule has 4 saturated carbocycles. The summed E-state index contributed by atoms with van der Waals surface area (Å²) in [5.41, 5.74) is -0.202. The highest BCUT2D eigenvalue weighted by atomic mass is 35.5. The molecule has 0 radical (unpaired) electrons. The zero-order valence-corrected chi connectivity index (χ0v) is 19.1. The molecule has 30 heavy (non-hydrogen) atoms. The Balaban J connectivity index is 1.09. The summed E-state index contributed by atoms with van der Waals surface area (Å²) >= 11 is 5.86. The molecule has 1 aromatic heterocycles. The van der Waals surface area contributed by atoms with Crippen LogP contribution in [0.1, 0.15) is 49.8 Å². The van der Waals surface area contributed by atoms with Crippen molar-refractivity contribution < 1.29 is 18.4 Å². The Kier molecular flexibility index (Phi) is 4.91. The van der Waals surface area contributed by atoms with Crippen molar-refractivity contribution in [3.05, 3.63) is 41.1 Å². The van der Waals surface area contributed by atoms with Crippen LogP contribution in [-0.4, -0.2) is 43.4 Å². The lowest BCUT2D eigenvalue weighted by Crippen LogP contribution is -2.77. The van der Waals surface area contributed by atoms with Crippen LogP contribution in [0, 0.1) is 0 Å². The largest absolute Gasteiger partial charge is 0.484 e. The minimum absolute atomic E-state index is 0.00869. The average Bonchev–Trinajstić information content (AvgIpc) is 3.08. The number of rotatable bonds is 8. The Labute approximate surface area is 182 Å². The third kappa shape index (κ3) is 3.65. The van der Waals surface area contributed by atoms with E-state index in [0.29, 0.717) is 22.8 Å². The third-order valence-electron chi connectivity index (χ3n) is 6.42. The van der Waals surface area contributed by atoms with E-state index in [1.165, 1.54) is 0 Å². The second kappa shape index (κ2) is 7.35. The molecule has 7 nitrogen and oxygen atoms in total. The summed E-state index contributed by atoms with van der Waals surface area (Å²) in [6.07, 6.45) is 4.87. The molecule has 1 amide bonds. The topological polar surface area (TPSA) is 86.5 Å². The molecule has 4 fully saturated rings. The van der Waals surface area contributed by atoms with Crippen LogP contribution in [0.4, 0.5) is 0 Å². The van der Waals surface area contributed by atoms with Gasteiger partial charge in [0.25, 0.3) is 5.91 Å². The molecule has 0 unspecified atom stereocenters. The average molecular weight is 448 g/mol. The minimum Gasteiger partial charge on any atom is -0.484 e. The maximum Gasteiger partial charge on any atom is 0.258 e. The highest BCUT2D eigenvalue weighted by molar-refractivity contribution is 6.48. The zero-order chi connectivity index (χ0) is 20.9. The van der Waals surface area contributed by atoms with Crippen molar-refractivity contribution in [2.45, 2.75) is 68.2 Å². The van der Waals surface area contributed by atoms with Gasteiger partial charge in [-0.05, 0) is 69.5 Å². The summed E-state index contributed by atoms with van der Waals surface area (Å²) < 4.78 is 17.5. The summed E-state index contributed by atoms with van der Waals surface area (Å²) in [6.45, 7) is 4.38. The van der Waals surface area contributed by atoms with Crippen molar-refractivity contribution in [2.75, 3.05) is 6.61 Å². The molecule has 0 spiro atoms. The van der Waals surface area contributed by atoms with Gasteiger partial charge in [-0.15, -0.1) is 10.2 Å². The summed E-state index contributed by atoms with van der Waals surface area (Å²) in [6, 6.07) is 6.97. The van der Waals surface area contributed by atoms with Gasteiger partial charge in [0.15, 0.2) is 15.6 Å². The predicted molar refractivity (Wildman–Crippen MR) is 113 cm³/mol. The van der Waals surface area contributed by atoms with Crippen LogP contribution in [0.5, 0.6) is 5.75 Å². The van der Waals surface area contributed by atoms with Crippen LogP contribution >= 0.6 is 11.6 Å². The van der Waals surface area contributed by atoms with E-state index in [-0.39, 0.29) is 23.5 Å². The molecule has 1 aromatic carbocycles. The van der Waals surface area contributed by atoms with Crippen LogP contribution in [0.15, 0.2) is 28.7 Å². The Morgan fingerprint density at radius 1 is 1.23 bits per heavy atom. The number of aromatic nitrogens is 2. The second-order valence-electron chi connectivity index (χ2n) is 9.30. The molecule has 9 heteroatoms. The molecule has 1 N–H and O–H groups in total. The molecule has 2 bridgehead atoms. The standard InChI is InChI=1S/C21H26ClN3O4Si/c1-30(2)29-16-7-13(8-16)18-24-25-19(28-18)20-10-21(11-20,12-20)23-17(26)9-27-15-5-3-14(22)4-6-15/h3-6,13,16,30H,7-12H2,1-2H3,(H,23,26)/t13-,16+,20?,21?. The van der Waals surface area contributed by atoms with Crippen molar-refractivity contribution in [3.63, 3.8) is 0 Å². The van der Waals surface area contributed by atoms with E-state index < -0.39 is 9.04 Å². The first-order valence-corrected chi connectivity index (χ1v) is 13.7. The number of hydrogen-bond donors (Lipinski definition) is 1. The molecular weight excluding hydrogens is 422 g/mol. The molecule has 2 aromatic rings. The first-order chi connectivity index (χ1) is 14.3. The van der Waals surface area contributed by atoms with E-state index in [9.17, 15) is 4.79 Å². The lowest BCUT2D eigenvalue weighted by molar-refractivity contribution is -0.143. The number of carbonyl (C=O) groups excluding carboxylic acids is 1. The second-order valence-corrected chi connectivity index (χ2v) is 12.1. The van der Waals surface area contributed by atoms with Crippen LogP contribution in [0.3, 0.4) is 0 Å². The number of ether oxygens (including phenoxy) is 1. The first kappa shape index (κ1) is 20.0. The highest BCUT2D eigenvalue weighted by Crippen LogP contribution is 2.67. The number of carbonyl (C=O) groups is 1. The van der Waals surface area contributed by atoms with Crippen LogP contribution in [0.2, 0.25) is 18.1 Å². The summed E-state index contributed by atoms with van der Waals surface area (Å²) in [5.74, 6) is 2.32. The summed E-state index contributed by atoms with van der Waals surface area (Å²) in [5, 5.41) is 12.4. The van der Waals surface area contributed by atoms with Gasteiger partial charge in [0.05, 0.1) is 5.41 Å². The van der Waals surface area contributed by atoms with Gasteiger partial charge in [-0.2, -0.15) is 0 Å². The maximum absolute atomic E-state index is 12.3. The van der Waals surface area contributed by atoms with Gasteiger partial charge in [0.1, 0.15) is 5.75 Å². The molecule has 160 valence electrons. The molecule has 1 heterocycles. The molecule has 0 aliphatic heterocycles. The smallest absolute Gasteiger partial charge is 0.258 e. The summed E-state index contributed by atoms with van der Waals surface area (Å²) in [4.78, 5) is 12.3. The van der Waals surface area contributed by atoms with E-state index in [1.54, 1.807) is 24.3 Å². The molecule has 0 atom stereocenters. The predicted octanol–water partition coefficient (Wildman–Crippen LogP) is 3.34. The Morgan fingerprint density at radius 3 is 2.60 bits per heavy atom. The van der Waals surface area contributed by atoms with Crippen molar-refractivity contribution in [1.82, 2.24) is 15.5 Å². The SMILES string of the molecule is C[SiH](C)O[C@H]1C[C@@H](c2nnc(C34CC(NC(=O)COc5ccc(Cl)cc5)(C3)C4)o2)C1. The number of amides is 1. The lowest BCUT2D eigenvalue weighted by atomic mass is 9.39. The number of hydrogen-bond acceptors (Lipinski definition) is 6.